The van der Waals surface area contributed by atoms with Gasteiger partial charge in [0.05, 0.1) is 0 Å². The van der Waals surface area contributed by atoms with Crippen molar-refractivity contribution in [3.63, 3.8) is 0 Å². The first-order valence-corrected chi connectivity index (χ1v) is 3.21. The van der Waals surface area contributed by atoms with E-state index in [4.69, 9.17) is 5.26 Å². The van der Waals surface area contributed by atoms with E-state index in [1.807, 2.05) is 0 Å². The van der Waals surface area contributed by atoms with Crippen molar-refractivity contribution in [1.82, 2.24) is 4.98 Å². The predicted molar refractivity (Wildman–Crippen MR) is 39.4 cm³/mol. The van der Waals surface area contributed by atoms with Gasteiger partial charge in [-0.05, 0) is 19.1 Å². The molecule has 3 nitrogen and oxygen atoms in total. The minimum absolute atomic E-state index is 0.565. The molecule has 56 valence electrons. The second kappa shape index (κ2) is 2.69. The molecular formula is C8H8N2O. The van der Waals surface area contributed by atoms with Crippen LogP contribution in [0, 0.1) is 11.3 Å². The molecule has 0 aliphatic rings. The van der Waals surface area contributed by atoms with Crippen LogP contribution in [0.1, 0.15) is 12.5 Å². The van der Waals surface area contributed by atoms with Crippen molar-refractivity contribution in [2.75, 3.05) is 0 Å². The molecule has 0 radical (unpaired) electrons. The molecule has 0 amide bonds. The summed E-state index contributed by atoms with van der Waals surface area (Å²) in [4.78, 5) is 3.77. The lowest BCUT2D eigenvalue weighted by Crippen LogP contribution is -2.17. The van der Waals surface area contributed by atoms with Crippen molar-refractivity contribution in [3.8, 4) is 6.07 Å². The third kappa shape index (κ3) is 1.54. The quantitative estimate of drug-likeness (QED) is 0.599. The normalized spacial score (nSPS) is 15.0. The highest BCUT2D eigenvalue weighted by Crippen LogP contribution is 2.17. The van der Waals surface area contributed by atoms with Gasteiger partial charge >= 0.3 is 0 Å². The maximum Gasteiger partial charge on any atom is 0.173 e. The molecule has 0 saturated heterocycles. The number of hydrogen-bond acceptors (Lipinski definition) is 3. The summed E-state index contributed by atoms with van der Waals surface area (Å²) in [5.74, 6) is 0. The van der Waals surface area contributed by atoms with E-state index in [1.165, 1.54) is 6.92 Å². The van der Waals surface area contributed by atoms with Crippen molar-refractivity contribution in [2.45, 2.75) is 12.5 Å². The summed E-state index contributed by atoms with van der Waals surface area (Å²) >= 11 is 0. The molecule has 1 unspecified atom stereocenters. The lowest BCUT2D eigenvalue weighted by atomic mass is 10.00. The van der Waals surface area contributed by atoms with E-state index in [0.717, 1.165) is 0 Å². The van der Waals surface area contributed by atoms with Gasteiger partial charge in [0.1, 0.15) is 6.07 Å². The van der Waals surface area contributed by atoms with Gasteiger partial charge in [0.15, 0.2) is 5.60 Å². The van der Waals surface area contributed by atoms with Crippen molar-refractivity contribution in [3.05, 3.63) is 30.1 Å². The molecule has 0 spiro atoms. The Hall–Kier alpha value is -1.40. The average Bonchev–Trinajstić information content (AvgIpc) is 2.06. The first-order valence-electron chi connectivity index (χ1n) is 3.21. The summed E-state index contributed by atoms with van der Waals surface area (Å²) in [6.45, 7) is 1.45. The Balaban J connectivity index is 3.05. The standard InChI is InChI=1S/C8H8N2O/c1-8(11,6-9)7-2-4-10-5-3-7/h2-5,11H,1H3. The highest BCUT2D eigenvalue weighted by Gasteiger charge is 2.21. The van der Waals surface area contributed by atoms with Gasteiger partial charge in [-0.2, -0.15) is 5.26 Å². The number of rotatable bonds is 1. The number of aliphatic hydroxyl groups is 1. The summed E-state index contributed by atoms with van der Waals surface area (Å²) in [5.41, 5.74) is -0.835. The van der Waals surface area contributed by atoms with Gasteiger partial charge in [0, 0.05) is 18.0 Å². The first kappa shape index (κ1) is 7.70. The molecule has 0 fully saturated rings. The number of pyridine rings is 1. The van der Waals surface area contributed by atoms with Crippen LogP contribution in [0.25, 0.3) is 0 Å². The second-order valence-electron chi connectivity index (χ2n) is 2.42. The van der Waals surface area contributed by atoms with Crippen LogP contribution >= 0.6 is 0 Å². The van der Waals surface area contributed by atoms with Gasteiger partial charge < -0.3 is 5.11 Å². The molecule has 1 N–H and O–H groups in total. The van der Waals surface area contributed by atoms with E-state index >= 15 is 0 Å². The predicted octanol–water partition coefficient (Wildman–Crippen LogP) is 0.813. The topological polar surface area (TPSA) is 56.9 Å². The van der Waals surface area contributed by atoms with E-state index in [1.54, 1.807) is 30.6 Å². The Morgan fingerprint density at radius 3 is 2.55 bits per heavy atom. The SMILES string of the molecule is CC(O)(C#N)c1ccncc1. The Morgan fingerprint density at radius 2 is 2.09 bits per heavy atom. The Labute approximate surface area is 64.9 Å². The second-order valence-corrected chi connectivity index (χ2v) is 2.42. The molecule has 0 bridgehead atoms. The van der Waals surface area contributed by atoms with Crippen LogP contribution in [0.4, 0.5) is 0 Å². The van der Waals surface area contributed by atoms with Crippen LogP contribution in [0.3, 0.4) is 0 Å². The molecular weight excluding hydrogens is 140 g/mol. The molecule has 1 atom stereocenters. The molecule has 0 saturated carbocycles. The van der Waals surface area contributed by atoms with Crippen LogP contribution in [0.15, 0.2) is 24.5 Å². The summed E-state index contributed by atoms with van der Waals surface area (Å²) in [7, 11) is 0. The third-order valence-electron chi connectivity index (χ3n) is 1.46. The van der Waals surface area contributed by atoms with E-state index in [-0.39, 0.29) is 0 Å². The molecule has 1 aromatic heterocycles. The first-order chi connectivity index (χ1) is 5.17. The zero-order valence-electron chi connectivity index (χ0n) is 6.15. The minimum Gasteiger partial charge on any atom is -0.372 e. The van der Waals surface area contributed by atoms with E-state index in [9.17, 15) is 5.11 Å². The maximum absolute atomic E-state index is 9.41. The van der Waals surface area contributed by atoms with E-state index in [2.05, 4.69) is 4.98 Å². The van der Waals surface area contributed by atoms with Gasteiger partial charge in [-0.1, -0.05) is 0 Å². The Morgan fingerprint density at radius 1 is 1.55 bits per heavy atom. The lowest BCUT2D eigenvalue weighted by molar-refractivity contribution is 0.119. The summed E-state index contributed by atoms with van der Waals surface area (Å²) in [6, 6.07) is 5.01. The van der Waals surface area contributed by atoms with Crippen LogP contribution in [0.2, 0.25) is 0 Å². The van der Waals surface area contributed by atoms with Gasteiger partial charge in [0.25, 0.3) is 0 Å². The highest BCUT2D eigenvalue weighted by atomic mass is 16.3. The van der Waals surface area contributed by atoms with Crippen molar-refractivity contribution < 1.29 is 5.11 Å². The van der Waals surface area contributed by atoms with Crippen LogP contribution < -0.4 is 0 Å². The summed E-state index contributed by atoms with van der Waals surface area (Å²) in [5, 5.41) is 17.9. The Bertz CT molecular complexity index is 274. The smallest absolute Gasteiger partial charge is 0.173 e. The zero-order chi connectivity index (χ0) is 8.32. The zero-order valence-corrected chi connectivity index (χ0v) is 6.15. The number of hydrogen-bond donors (Lipinski definition) is 1. The maximum atomic E-state index is 9.41. The molecule has 0 aromatic carbocycles. The monoisotopic (exact) mass is 148 g/mol. The van der Waals surface area contributed by atoms with E-state index < -0.39 is 5.60 Å². The fourth-order valence-corrected chi connectivity index (χ4v) is 0.741. The molecule has 11 heavy (non-hydrogen) atoms. The number of nitrogens with zero attached hydrogens (tertiary/aromatic N) is 2. The molecule has 1 rings (SSSR count). The Kier molecular flexibility index (Phi) is 1.88. The third-order valence-corrected chi connectivity index (χ3v) is 1.46. The fourth-order valence-electron chi connectivity index (χ4n) is 0.741. The molecule has 1 aromatic rings. The number of nitriles is 1. The highest BCUT2D eigenvalue weighted by molar-refractivity contribution is 5.24. The van der Waals surface area contributed by atoms with Gasteiger partial charge in [0.2, 0.25) is 0 Å². The average molecular weight is 148 g/mol. The molecule has 3 heteroatoms. The van der Waals surface area contributed by atoms with Crippen molar-refractivity contribution >= 4 is 0 Å². The number of aromatic nitrogens is 1. The van der Waals surface area contributed by atoms with Gasteiger partial charge in [-0.25, -0.2) is 0 Å². The van der Waals surface area contributed by atoms with Crippen molar-refractivity contribution in [1.29, 1.82) is 5.26 Å². The lowest BCUT2D eigenvalue weighted by Gasteiger charge is -2.12. The minimum atomic E-state index is -1.40. The van der Waals surface area contributed by atoms with Crippen molar-refractivity contribution in [2.24, 2.45) is 0 Å². The fraction of sp³-hybridized carbons (Fsp3) is 0.250. The van der Waals surface area contributed by atoms with Gasteiger partial charge in [-0.15, -0.1) is 0 Å². The van der Waals surface area contributed by atoms with Crippen LogP contribution in [0.5, 0.6) is 0 Å². The van der Waals surface area contributed by atoms with E-state index in [0.29, 0.717) is 5.56 Å². The van der Waals surface area contributed by atoms with Crippen LogP contribution in [-0.4, -0.2) is 10.1 Å². The molecule has 0 aliphatic heterocycles. The largest absolute Gasteiger partial charge is 0.372 e. The van der Waals surface area contributed by atoms with Gasteiger partial charge in [-0.3, -0.25) is 4.98 Å². The molecule has 1 heterocycles. The van der Waals surface area contributed by atoms with Crippen LogP contribution in [-0.2, 0) is 5.60 Å². The summed E-state index contributed by atoms with van der Waals surface area (Å²) < 4.78 is 0. The molecule has 0 aliphatic carbocycles. The summed E-state index contributed by atoms with van der Waals surface area (Å²) in [6.07, 6.45) is 3.09.